The van der Waals surface area contributed by atoms with Crippen LogP contribution in [0.25, 0.3) is 5.82 Å². The Kier molecular flexibility index (Phi) is 3.76. The minimum atomic E-state index is -0.247. The van der Waals surface area contributed by atoms with Crippen molar-refractivity contribution in [3.8, 4) is 5.82 Å². The van der Waals surface area contributed by atoms with E-state index >= 15 is 0 Å². The molecule has 3 rings (SSSR count). The third-order valence-electron chi connectivity index (χ3n) is 3.16. The number of carbonyl (C=O) groups excluding carboxylic acids is 1. The van der Waals surface area contributed by atoms with Crippen LogP contribution in [0.2, 0.25) is 0 Å². The minimum Gasteiger partial charge on any atom is -0.308 e. The molecule has 22 heavy (non-hydrogen) atoms. The number of hydrogen-bond donors (Lipinski definition) is 1. The fourth-order valence-corrected chi connectivity index (χ4v) is 2.80. The average Bonchev–Trinajstić information content (AvgIpc) is 3.17. The van der Waals surface area contributed by atoms with Gasteiger partial charge in [-0.25, -0.2) is 0 Å². The van der Waals surface area contributed by atoms with Gasteiger partial charge in [0.1, 0.15) is 16.4 Å². The van der Waals surface area contributed by atoms with Crippen LogP contribution in [0.1, 0.15) is 35.1 Å². The molecule has 0 saturated carbocycles. The zero-order chi connectivity index (χ0) is 15.7. The van der Waals surface area contributed by atoms with E-state index in [1.165, 1.54) is 11.3 Å². The molecule has 0 aromatic carbocycles. The lowest BCUT2D eigenvalue weighted by Crippen LogP contribution is -2.14. The van der Waals surface area contributed by atoms with Crippen LogP contribution in [-0.2, 0) is 7.05 Å². The standard InChI is InChI=1S/C14H16N6OS/c1-9(2)12-17-18-14(22-12)16-11(21)10-8-15-19(3)13(10)20-6-4-5-7-20/h4-9H,1-3H3,(H,16,18,21). The summed E-state index contributed by atoms with van der Waals surface area (Å²) in [6.07, 6.45) is 5.29. The molecule has 0 aliphatic rings. The van der Waals surface area contributed by atoms with E-state index in [2.05, 4.69) is 20.6 Å². The number of carbonyl (C=O) groups is 1. The van der Waals surface area contributed by atoms with E-state index in [0.717, 1.165) is 5.01 Å². The van der Waals surface area contributed by atoms with Gasteiger partial charge in [0, 0.05) is 25.4 Å². The predicted octanol–water partition coefficient (Wildman–Crippen LogP) is 2.44. The Morgan fingerprint density at radius 1 is 1.27 bits per heavy atom. The lowest BCUT2D eigenvalue weighted by molar-refractivity contribution is 0.102. The SMILES string of the molecule is CC(C)c1nnc(NC(=O)c2cnn(C)c2-n2cccc2)s1. The van der Waals surface area contributed by atoms with Crippen molar-refractivity contribution in [3.05, 3.63) is 41.3 Å². The summed E-state index contributed by atoms with van der Waals surface area (Å²) in [7, 11) is 1.80. The lowest BCUT2D eigenvalue weighted by Gasteiger charge is -2.06. The number of nitrogens with zero attached hydrogens (tertiary/aromatic N) is 5. The number of rotatable bonds is 4. The van der Waals surface area contributed by atoms with E-state index in [9.17, 15) is 4.79 Å². The van der Waals surface area contributed by atoms with Crippen LogP contribution >= 0.6 is 11.3 Å². The highest BCUT2D eigenvalue weighted by molar-refractivity contribution is 7.15. The molecule has 8 heteroatoms. The third kappa shape index (κ3) is 2.64. The summed E-state index contributed by atoms with van der Waals surface area (Å²) in [4.78, 5) is 12.5. The fraction of sp³-hybridized carbons (Fsp3) is 0.286. The van der Waals surface area contributed by atoms with Gasteiger partial charge in [-0.3, -0.25) is 14.8 Å². The second-order valence-corrected chi connectivity index (χ2v) is 6.16. The van der Waals surface area contributed by atoms with Crippen molar-refractivity contribution in [2.24, 2.45) is 7.05 Å². The van der Waals surface area contributed by atoms with Gasteiger partial charge in [-0.05, 0) is 12.1 Å². The first-order valence-corrected chi connectivity index (χ1v) is 7.68. The molecule has 0 fully saturated rings. The van der Waals surface area contributed by atoms with Crippen LogP contribution < -0.4 is 5.32 Å². The number of nitrogens with one attached hydrogen (secondary N) is 1. The van der Waals surface area contributed by atoms with E-state index in [1.807, 2.05) is 42.9 Å². The van der Waals surface area contributed by atoms with Gasteiger partial charge in [0.15, 0.2) is 0 Å². The number of hydrogen-bond acceptors (Lipinski definition) is 5. The van der Waals surface area contributed by atoms with Gasteiger partial charge in [-0.15, -0.1) is 10.2 Å². The first-order valence-electron chi connectivity index (χ1n) is 6.86. The molecule has 1 N–H and O–H groups in total. The van der Waals surface area contributed by atoms with Crippen molar-refractivity contribution >= 4 is 22.4 Å². The molecule has 0 saturated heterocycles. The van der Waals surface area contributed by atoms with Gasteiger partial charge in [-0.2, -0.15) is 5.10 Å². The number of aryl methyl sites for hydroxylation is 1. The molecule has 0 radical (unpaired) electrons. The van der Waals surface area contributed by atoms with Crippen molar-refractivity contribution < 1.29 is 4.79 Å². The van der Waals surface area contributed by atoms with E-state index in [1.54, 1.807) is 17.9 Å². The largest absolute Gasteiger partial charge is 0.308 e. The van der Waals surface area contributed by atoms with Crippen molar-refractivity contribution in [1.29, 1.82) is 0 Å². The molecule has 3 aromatic heterocycles. The molecule has 3 aromatic rings. The summed E-state index contributed by atoms with van der Waals surface area (Å²) >= 11 is 1.39. The zero-order valence-corrected chi connectivity index (χ0v) is 13.3. The Hall–Kier alpha value is -2.48. The van der Waals surface area contributed by atoms with Crippen LogP contribution in [0.3, 0.4) is 0 Å². The highest BCUT2D eigenvalue weighted by Crippen LogP contribution is 2.23. The van der Waals surface area contributed by atoms with E-state index < -0.39 is 0 Å². The maximum Gasteiger partial charge on any atom is 0.262 e. The molecular weight excluding hydrogens is 300 g/mol. The molecular formula is C14H16N6OS. The smallest absolute Gasteiger partial charge is 0.262 e. The fourth-order valence-electron chi connectivity index (χ4n) is 2.06. The maximum absolute atomic E-state index is 12.5. The topological polar surface area (TPSA) is 77.6 Å². The third-order valence-corrected chi connectivity index (χ3v) is 4.30. The lowest BCUT2D eigenvalue weighted by atomic mass is 10.2. The number of aromatic nitrogens is 5. The second-order valence-electron chi connectivity index (χ2n) is 5.15. The van der Waals surface area contributed by atoms with Crippen LogP contribution in [-0.4, -0.2) is 30.5 Å². The Balaban J connectivity index is 1.87. The van der Waals surface area contributed by atoms with Gasteiger partial charge < -0.3 is 4.57 Å². The Labute approximate surface area is 131 Å². The molecule has 1 amide bonds. The van der Waals surface area contributed by atoms with Crippen molar-refractivity contribution in [1.82, 2.24) is 24.5 Å². The minimum absolute atomic E-state index is 0.247. The molecule has 0 spiro atoms. The van der Waals surface area contributed by atoms with Crippen LogP contribution in [0.15, 0.2) is 30.7 Å². The van der Waals surface area contributed by atoms with Gasteiger partial charge in [0.2, 0.25) is 5.13 Å². The molecule has 0 aliphatic heterocycles. The normalized spacial score (nSPS) is 11.1. The van der Waals surface area contributed by atoms with Crippen molar-refractivity contribution in [2.75, 3.05) is 5.32 Å². The second kappa shape index (κ2) is 5.72. The summed E-state index contributed by atoms with van der Waals surface area (Å²) in [6.45, 7) is 4.08. The summed E-state index contributed by atoms with van der Waals surface area (Å²) in [5.41, 5.74) is 0.486. The van der Waals surface area contributed by atoms with Gasteiger partial charge in [0.05, 0.1) is 6.20 Å². The summed E-state index contributed by atoms with van der Waals surface area (Å²) in [5, 5.41) is 16.4. The highest BCUT2D eigenvalue weighted by atomic mass is 32.1. The zero-order valence-electron chi connectivity index (χ0n) is 12.5. The maximum atomic E-state index is 12.5. The van der Waals surface area contributed by atoms with E-state index in [0.29, 0.717) is 16.5 Å². The number of amides is 1. The molecule has 0 atom stereocenters. The summed E-state index contributed by atoms with van der Waals surface area (Å²) < 4.78 is 3.51. The average molecular weight is 316 g/mol. The summed E-state index contributed by atoms with van der Waals surface area (Å²) in [6, 6.07) is 3.79. The Morgan fingerprint density at radius 2 is 2.00 bits per heavy atom. The van der Waals surface area contributed by atoms with Crippen LogP contribution in [0.4, 0.5) is 5.13 Å². The predicted molar refractivity (Wildman–Crippen MR) is 84.5 cm³/mol. The Bertz CT molecular complexity index is 786. The van der Waals surface area contributed by atoms with Crippen LogP contribution in [0, 0.1) is 0 Å². The van der Waals surface area contributed by atoms with E-state index in [-0.39, 0.29) is 11.8 Å². The quantitative estimate of drug-likeness (QED) is 0.802. The first kappa shape index (κ1) is 14.5. The molecule has 0 aliphatic carbocycles. The van der Waals surface area contributed by atoms with Gasteiger partial charge in [0.25, 0.3) is 5.91 Å². The molecule has 3 heterocycles. The number of anilines is 1. The van der Waals surface area contributed by atoms with Crippen molar-refractivity contribution in [2.45, 2.75) is 19.8 Å². The van der Waals surface area contributed by atoms with Gasteiger partial charge >= 0.3 is 0 Å². The van der Waals surface area contributed by atoms with Crippen LogP contribution in [0.5, 0.6) is 0 Å². The van der Waals surface area contributed by atoms with Gasteiger partial charge in [-0.1, -0.05) is 25.2 Å². The van der Waals surface area contributed by atoms with Crippen molar-refractivity contribution in [3.63, 3.8) is 0 Å². The first-order chi connectivity index (χ1) is 10.6. The molecule has 114 valence electrons. The molecule has 0 bridgehead atoms. The monoisotopic (exact) mass is 316 g/mol. The highest BCUT2D eigenvalue weighted by Gasteiger charge is 2.19. The van der Waals surface area contributed by atoms with E-state index in [4.69, 9.17) is 0 Å². The molecule has 7 nitrogen and oxygen atoms in total. The summed E-state index contributed by atoms with van der Waals surface area (Å²) in [5.74, 6) is 0.747. The Morgan fingerprint density at radius 3 is 2.64 bits per heavy atom. The molecule has 0 unspecified atom stereocenters.